The molecule has 1 aliphatic heterocycles. The maximum absolute atomic E-state index is 11.7. The molecule has 2 aromatic rings. The highest BCUT2D eigenvalue weighted by molar-refractivity contribution is 9.10. The fourth-order valence-electron chi connectivity index (χ4n) is 2.95. The van der Waals surface area contributed by atoms with E-state index in [4.69, 9.17) is 4.74 Å². The largest absolute Gasteiger partial charge is 0.445 e. The summed E-state index contributed by atoms with van der Waals surface area (Å²) in [7, 11) is 0. The third kappa shape index (κ3) is 4.60. The number of pyridine rings is 1. The first kappa shape index (κ1) is 18.4. The Morgan fingerprint density at radius 1 is 1.31 bits per heavy atom. The summed E-state index contributed by atoms with van der Waals surface area (Å²) in [5, 5.41) is 2.79. The van der Waals surface area contributed by atoms with Crippen molar-refractivity contribution in [1.82, 2.24) is 10.3 Å². The van der Waals surface area contributed by atoms with Gasteiger partial charge in [-0.05, 0) is 33.8 Å². The summed E-state index contributed by atoms with van der Waals surface area (Å²) in [5.41, 5.74) is 2.44. The van der Waals surface area contributed by atoms with Gasteiger partial charge in [-0.25, -0.2) is 4.79 Å². The number of aldehydes is 1. The van der Waals surface area contributed by atoms with E-state index >= 15 is 0 Å². The topological polar surface area (TPSA) is 71.5 Å². The van der Waals surface area contributed by atoms with Gasteiger partial charge >= 0.3 is 6.09 Å². The van der Waals surface area contributed by atoms with Crippen LogP contribution in [0.25, 0.3) is 0 Å². The van der Waals surface area contributed by atoms with E-state index < -0.39 is 6.09 Å². The summed E-state index contributed by atoms with van der Waals surface area (Å²) in [5.74, 6) is 0.476. The molecule has 7 heteroatoms. The lowest BCUT2D eigenvalue weighted by Crippen LogP contribution is -2.48. The number of rotatable bonds is 7. The smallest absolute Gasteiger partial charge is 0.407 e. The lowest BCUT2D eigenvalue weighted by molar-refractivity contribution is 0.112. The van der Waals surface area contributed by atoms with Crippen molar-refractivity contribution in [1.29, 1.82) is 0 Å². The van der Waals surface area contributed by atoms with Crippen LogP contribution in [-0.4, -0.2) is 37.0 Å². The average Bonchev–Trinajstić information content (AvgIpc) is 2.63. The molecule has 1 amide bonds. The number of hydrogen-bond acceptors (Lipinski definition) is 5. The number of aromatic nitrogens is 1. The normalized spacial score (nSPS) is 13.8. The van der Waals surface area contributed by atoms with Crippen molar-refractivity contribution in [2.24, 2.45) is 5.92 Å². The highest BCUT2D eigenvalue weighted by Gasteiger charge is 2.29. The Bertz CT molecular complexity index is 764. The molecular formula is C19H20BrN3O3. The molecule has 0 unspecified atom stereocenters. The van der Waals surface area contributed by atoms with Crippen molar-refractivity contribution in [3.63, 3.8) is 0 Å². The number of hydrogen-bond donors (Lipinski definition) is 1. The first-order valence-corrected chi connectivity index (χ1v) is 9.25. The summed E-state index contributed by atoms with van der Waals surface area (Å²) in [4.78, 5) is 29.1. The minimum atomic E-state index is -0.398. The number of alkyl carbamates (subject to hydrolysis) is 1. The van der Waals surface area contributed by atoms with E-state index in [0.29, 0.717) is 18.0 Å². The van der Waals surface area contributed by atoms with Crippen LogP contribution in [0.2, 0.25) is 0 Å². The van der Waals surface area contributed by atoms with E-state index in [-0.39, 0.29) is 6.61 Å². The van der Waals surface area contributed by atoms with Crippen LogP contribution in [0.5, 0.6) is 0 Å². The van der Waals surface area contributed by atoms with Gasteiger partial charge in [-0.2, -0.15) is 0 Å². The number of nitrogens with one attached hydrogen (secondary N) is 1. The lowest BCUT2D eigenvalue weighted by atomic mass is 9.95. The second-order valence-electron chi connectivity index (χ2n) is 6.23. The van der Waals surface area contributed by atoms with Gasteiger partial charge in [0, 0.05) is 32.0 Å². The standard InChI is InChI=1S/C19H20BrN3O3/c20-17-9-21-8-16(12-24)18(17)23-10-15(11-23)6-7-22-19(25)26-13-14-4-2-1-3-5-14/h1-5,8-9,12,15H,6-7,10-11,13H2,(H,22,25). The average molecular weight is 418 g/mol. The zero-order chi connectivity index (χ0) is 18.4. The molecular weight excluding hydrogens is 398 g/mol. The highest BCUT2D eigenvalue weighted by Crippen LogP contribution is 2.34. The fraction of sp³-hybridized carbons (Fsp3) is 0.316. The van der Waals surface area contributed by atoms with Gasteiger partial charge in [0.15, 0.2) is 6.29 Å². The van der Waals surface area contributed by atoms with Gasteiger partial charge < -0.3 is 15.0 Å². The molecule has 1 N–H and O–H groups in total. The van der Waals surface area contributed by atoms with Crippen molar-refractivity contribution in [2.45, 2.75) is 13.0 Å². The Morgan fingerprint density at radius 2 is 2.08 bits per heavy atom. The van der Waals surface area contributed by atoms with Crippen LogP contribution < -0.4 is 10.2 Å². The predicted molar refractivity (Wildman–Crippen MR) is 102 cm³/mol. The first-order valence-electron chi connectivity index (χ1n) is 8.45. The fourth-order valence-corrected chi connectivity index (χ4v) is 3.55. The Kier molecular flexibility index (Phi) is 6.22. The summed E-state index contributed by atoms with van der Waals surface area (Å²) < 4.78 is 6.01. The van der Waals surface area contributed by atoms with Crippen molar-refractivity contribution in [3.05, 3.63) is 58.3 Å². The van der Waals surface area contributed by atoms with Gasteiger partial charge in [0.25, 0.3) is 0 Å². The summed E-state index contributed by atoms with van der Waals surface area (Å²) in [6.45, 7) is 2.55. The van der Waals surface area contributed by atoms with Gasteiger partial charge in [-0.3, -0.25) is 9.78 Å². The molecule has 0 bridgehead atoms. The Hall–Kier alpha value is -2.41. The number of carbonyl (C=O) groups excluding carboxylic acids is 2. The van der Waals surface area contributed by atoms with Crippen LogP contribution in [0.3, 0.4) is 0 Å². The first-order chi connectivity index (χ1) is 12.7. The molecule has 3 rings (SSSR count). The van der Waals surface area contributed by atoms with Crippen molar-refractivity contribution in [3.8, 4) is 0 Å². The molecule has 26 heavy (non-hydrogen) atoms. The molecule has 1 aromatic carbocycles. The summed E-state index contributed by atoms with van der Waals surface area (Å²) >= 11 is 3.45. The van der Waals surface area contributed by atoms with Crippen LogP contribution in [0, 0.1) is 5.92 Å². The Balaban J connectivity index is 1.36. The number of nitrogens with zero attached hydrogens (tertiary/aromatic N) is 2. The number of carbonyl (C=O) groups is 2. The molecule has 6 nitrogen and oxygen atoms in total. The molecule has 1 saturated heterocycles. The van der Waals surface area contributed by atoms with Crippen molar-refractivity contribution >= 4 is 34.0 Å². The zero-order valence-corrected chi connectivity index (χ0v) is 15.8. The van der Waals surface area contributed by atoms with Gasteiger partial charge in [0.2, 0.25) is 0 Å². The van der Waals surface area contributed by atoms with E-state index in [0.717, 1.165) is 41.5 Å². The quantitative estimate of drug-likeness (QED) is 0.698. The molecule has 0 aliphatic carbocycles. The van der Waals surface area contributed by atoms with Crippen LogP contribution in [0.4, 0.5) is 10.5 Å². The van der Waals surface area contributed by atoms with Crippen molar-refractivity contribution in [2.75, 3.05) is 24.5 Å². The minimum Gasteiger partial charge on any atom is -0.445 e. The van der Waals surface area contributed by atoms with Gasteiger partial charge in [-0.15, -0.1) is 0 Å². The number of benzene rings is 1. The molecule has 0 saturated carbocycles. The predicted octanol–water partition coefficient (Wildman–Crippen LogP) is 3.41. The third-order valence-electron chi connectivity index (χ3n) is 4.34. The summed E-state index contributed by atoms with van der Waals surface area (Å²) in [6.07, 6.45) is 4.57. The van der Waals surface area contributed by atoms with E-state index in [2.05, 4.69) is 31.1 Å². The molecule has 2 heterocycles. The SMILES string of the molecule is O=Cc1cncc(Br)c1N1CC(CCNC(=O)OCc2ccccc2)C1. The van der Waals surface area contributed by atoms with E-state index in [9.17, 15) is 9.59 Å². The maximum atomic E-state index is 11.7. The Labute approximate surface area is 160 Å². The number of anilines is 1. The van der Waals surface area contributed by atoms with Crippen LogP contribution >= 0.6 is 15.9 Å². The molecule has 0 spiro atoms. The molecule has 1 aromatic heterocycles. The number of amides is 1. The zero-order valence-electron chi connectivity index (χ0n) is 14.2. The number of ether oxygens (including phenoxy) is 1. The highest BCUT2D eigenvalue weighted by atomic mass is 79.9. The number of halogens is 1. The maximum Gasteiger partial charge on any atom is 0.407 e. The molecule has 0 atom stereocenters. The minimum absolute atomic E-state index is 0.272. The van der Waals surface area contributed by atoms with Gasteiger partial charge in [0.1, 0.15) is 6.61 Å². The monoisotopic (exact) mass is 417 g/mol. The van der Waals surface area contributed by atoms with Crippen LogP contribution in [-0.2, 0) is 11.3 Å². The molecule has 1 fully saturated rings. The van der Waals surface area contributed by atoms with Crippen molar-refractivity contribution < 1.29 is 14.3 Å². The summed E-state index contributed by atoms with van der Waals surface area (Å²) in [6, 6.07) is 9.59. The van der Waals surface area contributed by atoms with E-state index in [1.54, 1.807) is 12.4 Å². The van der Waals surface area contributed by atoms with E-state index in [1.807, 2.05) is 30.3 Å². The van der Waals surface area contributed by atoms with Crippen LogP contribution in [0.15, 0.2) is 47.2 Å². The molecule has 1 aliphatic rings. The lowest BCUT2D eigenvalue weighted by Gasteiger charge is -2.42. The second-order valence-corrected chi connectivity index (χ2v) is 7.08. The molecule has 0 radical (unpaired) electrons. The van der Waals surface area contributed by atoms with E-state index in [1.165, 1.54) is 0 Å². The second kappa shape index (κ2) is 8.80. The van der Waals surface area contributed by atoms with Gasteiger partial charge in [0.05, 0.1) is 15.7 Å². The Morgan fingerprint density at radius 3 is 2.81 bits per heavy atom. The van der Waals surface area contributed by atoms with Crippen LogP contribution in [0.1, 0.15) is 22.3 Å². The van der Waals surface area contributed by atoms with Gasteiger partial charge in [-0.1, -0.05) is 30.3 Å². The molecule has 136 valence electrons. The third-order valence-corrected chi connectivity index (χ3v) is 4.92.